The number of benzene rings is 1. The molecule has 4 nitrogen and oxygen atoms in total. The lowest BCUT2D eigenvalue weighted by Crippen LogP contribution is -2.30. The van der Waals surface area contributed by atoms with Crippen LogP contribution in [0.15, 0.2) is 41.2 Å². The Bertz CT molecular complexity index is 675. The van der Waals surface area contributed by atoms with Crippen molar-refractivity contribution in [3.8, 4) is 5.75 Å². The SMILES string of the molecule is Cc1ccc(C(N)=S)c(=O)n1Cc1ccc(O)cc1. The van der Waals surface area contributed by atoms with Crippen LogP contribution in [0.5, 0.6) is 5.75 Å². The zero-order valence-electron chi connectivity index (χ0n) is 10.5. The molecule has 0 spiro atoms. The molecule has 0 bridgehead atoms. The quantitative estimate of drug-likeness (QED) is 0.833. The molecule has 5 heteroatoms. The number of nitrogens with zero attached hydrogens (tertiary/aromatic N) is 1. The van der Waals surface area contributed by atoms with Crippen molar-refractivity contribution in [2.24, 2.45) is 5.73 Å². The van der Waals surface area contributed by atoms with Gasteiger partial charge in [0.05, 0.1) is 12.1 Å². The van der Waals surface area contributed by atoms with E-state index in [1.807, 2.05) is 13.0 Å². The van der Waals surface area contributed by atoms with Crippen molar-refractivity contribution < 1.29 is 5.11 Å². The Labute approximate surface area is 116 Å². The fourth-order valence-corrected chi connectivity index (χ4v) is 1.99. The molecule has 0 atom stereocenters. The summed E-state index contributed by atoms with van der Waals surface area (Å²) in [7, 11) is 0. The molecule has 0 amide bonds. The van der Waals surface area contributed by atoms with Crippen LogP contribution in [0.4, 0.5) is 0 Å². The van der Waals surface area contributed by atoms with E-state index in [0.717, 1.165) is 11.3 Å². The van der Waals surface area contributed by atoms with Gasteiger partial charge in [-0.15, -0.1) is 0 Å². The summed E-state index contributed by atoms with van der Waals surface area (Å²) in [5.74, 6) is 0.199. The first-order valence-electron chi connectivity index (χ1n) is 5.77. The van der Waals surface area contributed by atoms with Crippen LogP contribution in [-0.4, -0.2) is 14.7 Å². The number of hydrogen-bond donors (Lipinski definition) is 2. The number of aromatic nitrogens is 1. The van der Waals surface area contributed by atoms with E-state index in [2.05, 4.69) is 0 Å². The van der Waals surface area contributed by atoms with E-state index in [0.29, 0.717) is 12.1 Å². The molecule has 0 aliphatic heterocycles. The van der Waals surface area contributed by atoms with Crippen molar-refractivity contribution in [2.75, 3.05) is 0 Å². The molecule has 0 saturated heterocycles. The fourth-order valence-electron chi connectivity index (χ4n) is 1.84. The second kappa shape index (κ2) is 5.24. The molecule has 2 aromatic rings. The minimum absolute atomic E-state index is 0.101. The molecule has 0 unspecified atom stereocenters. The van der Waals surface area contributed by atoms with E-state index in [9.17, 15) is 9.90 Å². The standard InChI is InChI=1S/C14H14N2O2S/c1-9-2-7-12(13(15)19)14(18)16(9)8-10-3-5-11(17)6-4-10/h2-7,17H,8H2,1H3,(H2,15,19). The van der Waals surface area contributed by atoms with Crippen LogP contribution in [-0.2, 0) is 6.54 Å². The molecule has 0 saturated carbocycles. The highest BCUT2D eigenvalue weighted by Crippen LogP contribution is 2.11. The maximum atomic E-state index is 12.2. The summed E-state index contributed by atoms with van der Waals surface area (Å²) in [4.78, 5) is 12.3. The third kappa shape index (κ3) is 2.82. The molecule has 0 aliphatic carbocycles. The van der Waals surface area contributed by atoms with Crippen LogP contribution in [0, 0.1) is 6.92 Å². The number of thiocarbonyl (C=S) groups is 1. The zero-order valence-corrected chi connectivity index (χ0v) is 11.3. The number of hydrogen-bond acceptors (Lipinski definition) is 3. The Hall–Kier alpha value is -2.14. The monoisotopic (exact) mass is 274 g/mol. The molecule has 98 valence electrons. The maximum absolute atomic E-state index is 12.2. The van der Waals surface area contributed by atoms with E-state index < -0.39 is 0 Å². The summed E-state index contributed by atoms with van der Waals surface area (Å²) < 4.78 is 1.61. The lowest BCUT2D eigenvalue weighted by Gasteiger charge is -2.11. The van der Waals surface area contributed by atoms with Gasteiger partial charge in [0.25, 0.3) is 5.56 Å². The minimum atomic E-state index is -0.194. The highest BCUT2D eigenvalue weighted by Gasteiger charge is 2.08. The highest BCUT2D eigenvalue weighted by atomic mass is 32.1. The third-order valence-electron chi connectivity index (χ3n) is 2.94. The summed E-state index contributed by atoms with van der Waals surface area (Å²) in [6.07, 6.45) is 0. The number of pyridine rings is 1. The first-order chi connectivity index (χ1) is 8.99. The van der Waals surface area contributed by atoms with Gasteiger partial charge in [-0.3, -0.25) is 4.79 Å². The number of aromatic hydroxyl groups is 1. The molecule has 0 radical (unpaired) electrons. The molecule has 0 fully saturated rings. The molecular formula is C14H14N2O2S. The molecule has 1 aromatic carbocycles. The van der Waals surface area contributed by atoms with Crippen molar-refractivity contribution in [3.05, 3.63) is 63.6 Å². The zero-order chi connectivity index (χ0) is 14.0. The van der Waals surface area contributed by atoms with Gasteiger partial charge < -0.3 is 15.4 Å². The number of aryl methyl sites for hydroxylation is 1. The number of rotatable bonds is 3. The molecule has 2 rings (SSSR count). The number of nitrogens with two attached hydrogens (primary N) is 1. The first-order valence-corrected chi connectivity index (χ1v) is 6.18. The normalized spacial score (nSPS) is 10.4. The van der Waals surface area contributed by atoms with Crippen LogP contribution in [0.2, 0.25) is 0 Å². The van der Waals surface area contributed by atoms with E-state index in [1.165, 1.54) is 0 Å². The van der Waals surface area contributed by atoms with Crippen LogP contribution in [0.25, 0.3) is 0 Å². The molecule has 1 heterocycles. The highest BCUT2D eigenvalue weighted by molar-refractivity contribution is 7.80. The van der Waals surface area contributed by atoms with Crippen LogP contribution < -0.4 is 11.3 Å². The lowest BCUT2D eigenvalue weighted by molar-refractivity contribution is 0.475. The largest absolute Gasteiger partial charge is 0.508 e. The molecule has 1 aromatic heterocycles. The fraction of sp³-hybridized carbons (Fsp3) is 0.143. The number of phenolic OH excluding ortho intramolecular Hbond substituents is 1. The topological polar surface area (TPSA) is 68.2 Å². The third-order valence-corrected chi connectivity index (χ3v) is 3.15. The van der Waals surface area contributed by atoms with Crippen LogP contribution in [0.1, 0.15) is 16.8 Å². The Morgan fingerprint density at radius 3 is 2.47 bits per heavy atom. The summed E-state index contributed by atoms with van der Waals surface area (Å²) in [5, 5.41) is 9.25. The van der Waals surface area contributed by atoms with Gasteiger partial charge in [-0.1, -0.05) is 24.4 Å². The van der Waals surface area contributed by atoms with Gasteiger partial charge in [0.15, 0.2) is 0 Å². The van der Waals surface area contributed by atoms with Gasteiger partial charge in [-0.25, -0.2) is 0 Å². The van der Waals surface area contributed by atoms with Crippen molar-refractivity contribution >= 4 is 17.2 Å². The Morgan fingerprint density at radius 1 is 1.26 bits per heavy atom. The van der Waals surface area contributed by atoms with Gasteiger partial charge in [0, 0.05) is 5.69 Å². The lowest BCUT2D eigenvalue weighted by atomic mass is 10.2. The van der Waals surface area contributed by atoms with E-state index in [1.54, 1.807) is 34.9 Å². The van der Waals surface area contributed by atoms with Gasteiger partial charge in [-0.05, 0) is 36.8 Å². The van der Waals surface area contributed by atoms with Gasteiger partial charge >= 0.3 is 0 Å². The maximum Gasteiger partial charge on any atom is 0.261 e. The predicted octanol–water partition coefficient (Wildman–Crippen LogP) is 1.54. The summed E-state index contributed by atoms with van der Waals surface area (Å²) >= 11 is 4.87. The summed E-state index contributed by atoms with van der Waals surface area (Å²) in [5.41, 5.74) is 7.44. The Kier molecular flexibility index (Phi) is 3.66. The van der Waals surface area contributed by atoms with Gasteiger partial charge in [0.2, 0.25) is 0 Å². The Morgan fingerprint density at radius 2 is 1.89 bits per heavy atom. The molecule has 0 aliphatic rings. The molecule has 19 heavy (non-hydrogen) atoms. The second-order valence-electron chi connectivity index (χ2n) is 4.31. The van der Waals surface area contributed by atoms with Crippen molar-refractivity contribution in [1.82, 2.24) is 4.57 Å². The summed E-state index contributed by atoms with van der Waals surface area (Å²) in [6, 6.07) is 10.2. The van der Waals surface area contributed by atoms with E-state index in [4.69, 9.17) is 18.0 Å². The average molecular weight is 274 g/mol. The smallest absolute Gasteiger partial charge is 0.261 e. The Balaban J connectivity index is 2.45. The van der Waals surface area contributed by atoms with Crippen molar-refractivity contribution in [1.29, 1.82) is 0 Å². The average Bonchev–Trinajstić information content (AvgIpc) is 2.36. The first kappa shape index (κ1) is 13.3. The van der Waals surface area contributed by atoms with Crippen molar-refractivity contribution in [2.45, 2.75) is 13.5 Å². The molecule has 3 N–H and O–H groups in total. The van der Waals surface area contributed by atoms with Crippen LogP contribution >= 0.6 is 12.2 Å². The van der Waals surface area contributed by atoms with E-state index in [-0.39, 0.29) is 16.3 Å². The second-order valence-corrected chi connectivity index (χ2v) is 4.75. The van der Waals surface area contributed by atoms with Crippen LogP contribution in [0.3, 0.4) is 0 Å². The van der Waals surface area contributed by atoms with E-state index >= 15 is 0 Å². The molecular weight excluding hydrogens is 260 g/mol. The van der Waals surface area contributed by atoms with Gasteiger partial charge in [-0.2, -0.15) is 0 Å². The predicted molar refractivity (Wildman–Crippen MR) is 78.5 cm³/mol. The van der Waals surface area contributed by atoms with Gasteiger partial charge in [0.1, 0.15) is 10.7 Å². The van der Waals surface area contributed by atoms with Crippen molar-refractivity contribution in [3.63, 3.8) is 0 Å². The number of phenols is 1. The summed E-state index contributed by atoms with van der Waals surface area (Å²) in [6.45, 7) is 2.27. The minimum Gasteiger partial charge on any atom is -0.508 e.